The third-order valence-electron chi connectivity index (χ3n) is 3.81. The molecular weight excluding hydrogens is 286 g/mol. The van der Waals surface area contributed by atoms with Crippen LogP contribution in [0.2, 0.25) is 5.02 Å². The number of ether oxygens (including phenoxy) is 1. The maximum Gasteiger partial charge on any atom is 0.184 e. The molecule has 3 rings (SSSR count). The third kappa shape index (κ3) is 2.67. The van der Waals surface area contributed by atoms with E-state index in [1.54, 1.807) is 25.3 Å². The molecular formula is C17H16ClNO2. The van der Waals surface area contributed by atoms with Crippen molar-refractivity contribution in [3.8, 4) is 5.75 Å². The van der Waals surface area contributed by atoms with Crippen LogP contribution in [0.15, 0.2) is 42.5 Å². The molecule has 0 saturated carbocycles. The van der Waals surface area contributed by atoms with Gasteiger partial charge in [0.2, 0.25) is 0 Å². The van der Waals surface area contributed by atoms with Gasteiger partial charge in [-0.3, -0.25) is 4.79 Å². The van der Waals surface area contributed by atoms with Crippen molar-refractivity contribution in [2.45, 2.75) is 12.5 Å². The van der Waals surface area contributed by atoms with Crippen LogP contribution in [-0.2, 0) is 6.42 Å². The molecule has 2 aromatic carbocycles. The molecule has 1 unspecified atom stereocenters. The number of carbonyl (C=O) groups is 1. The molecule has 108 valence electrons. The Hall–Kier alpha value is -1.84. The lowest BCUT2D eigenvalue weighted by Crippen LogP contribution is -2.35. The highest BCUT2D eigenvalue weighted by molar-refractivity contribution is 6.32. The van der Waals surface area contributed by atoms with Crippen LogP contribution in [0.25, 0.3) is 0 Å². The van der Waals surface area contributed by atoms with Crippen LogP contribution in [0.3, 0.4) is 0 Å². The zero-order valence-electron chi connectivity index (χ0n) is 11.7. The highest BCUT2D eigenvalue weighted by atomic mass is 35.5. The number of nitrogens with one attached hydrogen (secondary N) is 1. The summed E-state index contributed by atoms with van der Waals surface area (Å²) in [6.07, 6.45) is 0.948. The van der Waals surface area contributed by atoms with Gasteiger partial charge in [-0.1, -0.05) is 35.9 Å². The molecule has 0 bridgehead atoms. The molecule has 1 atom stereocenters. The molecule has 0 radical (unpaired) electrons. The fourth-order valence-electron chi connectivity index (χ4n) is 2.72. The summed E-state index contributed by atoms with van der Waals surface area (Å²) in [5, 5.41) is 3.81. The standard InChI is InChI=1S/C17H16ClNO2/c1-21-15-10-12(6-7-14(15)18)17(20)16-13-5-3-2-4-11(13)8-9-19-16/h2-7,10,16,19H,8-9H2,1H3. The lowest BCUT2D eigenvalue weighted by molar-refractivity contribution is 0.0939. The molecule has 1 heterocycles. The molecule has 4 heteroatoms. The van der Waals surface area contributed by atoms with Gasteiger partial charge in [0.15, 0.2) is 5.78 Å². The van der Waals surface area contributed by atoms with Crippen molar-refractivity contribution >= 4 is 17.4 Å². The Balaban J connectivity index is 1.96. The Morgan fingerprint density at radius 1 is 1.29 bits per heavy atom. The van der Waals surface area contributed by atoms with Crippen LogP contribution in [0.1, 0.15) is 27.5 Å². The van der Waals surface area contributed by atoms with E-state index >= 15 is 0 Å². The van der Waals surface area contributed by atoms with Crippen molar-refractivity contribution in [1.82, 2.24) is 5.32 Å². The second kappa shape index (κ2) is 5.88. The van der Waals surface area contributed by atoms with Gasteiger partial charge >= 0.3 is 0 Å². The number of methoxy groups -OCH3 is 1. The minimum absolute atomic E-state index is 0.0390. The summed E-state index contributed by atoms with van der Waals surface area (Å²) in [5.41, 5.74) is 2.89. The van der Waals surface area contributed by atoms with E-state index in [1.165, 1.54) is 5.56 Å². The Bertz CT molecular complexity index is 684. The first-order chi connectivity index (χ1) is 10.2. The topological polar surface area (TPSA) is 38.3 Å². The highest BCUT2D eigenvalue weighted by Crippen LogP contribution is 2.29. The molecule has 0 fully saturated rings. The molecule has 0 saturated heterocycles. The van der Waals surface area contributed by atoms with E-state index in [-0.39, 0.29) is 11.8 Å². The maximum absolute atomic E-state index is 12.8. The number of hydrogen-bond donors (Lipinski definition) is 1. The number of benzene rings is 2. The summed E-state index contributed by atoms with van der Waals surface area (Å²) < 4.78 is 5.19. The molecule has 0 amide bonds. The van der Waals surface area contributed by atoms with Gasteiger partial charge in [0, 0.05) is 12.1 Å². The van der Waals surface area contributed by atoms with Crippen molar-refractivity contribution in [3.05, 3.63) is 64.2 Å². The molecule has 21 heavy (non-hydrogen) atoms. The third-order valence-corrected chi connectivity index (χ3v) is 4.12. The monoisotopic (exact) mass is 301 g/mol. The maximum atomic E-state index is 12.8. The van der Waals surface area contributed by atoms with Gasteiger partial charge < -0.3 is 10.1 Å². The van der Waals surface area contributed by atoms with Gasteiger partial charge in [-0.05, 0) is 35.7 Å². The zero-order chi connectivity index (χ0) is 14.8. The number of Topliss-reactive ketones (excluding diaryl/α,β-unsaturated/α-hetero) is 1. The number of halogens is 1. The second-order valence-electron chi connectivity index (χ2n) is 5.05. The molecule has 3 nitrogen and oxygen atoms in total. The van der Waals surface area contributed by atoms with Gasteiger partial charge in [0.05, 0.1) is 18.2 Å². The summed E-state index contributed by atoms with van der Waals surface area (Å²) >= 11 is 6.02. The van der Waals surface area contributed by atoms with Crippen LogP contribution in [-0.4, -0.2) is 19.4 Å². The molecule has 0 spiro atoms. The normalized spacial score (nSPS) is 17.1. The average Bonchev–Trinajstić information content (AvgIpc) is 2.54. The zero-order valence-corrected chi connectivity index (χ0v) is 12.5. The van der Waals surface area contributed by atoms with Crippen molar-refractivity contribution in [1.29, 1.82) is 0 Å². The number of rotatable bonds is 3. The Labute approximate surface area is 128 Å². The van der Waals surface area contributed by atoms with Gasteiger partial charge in [-0.2, -0.15) is 0 Å². The summed E-state index contributed by atoms with van der Waals surface area (Å²) in [4.78, 5) is 12.8. The quantitative estimate of drug-likeness (QED) is 0.883. The Kier molecular flexibility index (Phi) is 3.95. The van der Waals surface area contributed by atoms with Crippen molar-refractivity contribution in [3.63, 3.8) is 0 Å². The molecule has 2 aromatic rings. The molecule has 1 aliphatic heterocycles. The predicted octanol–water partition coefficient (Wildman–Crippen LogP) is 3.42. The Morgan fingerprint density at radius 3 is 2.90 bits per heavy atom. The molecule has 1 aliphatic rings. The van der Waals surface area contributed by atoms with Crippen LogP contribution in [0.4, 0.5) is 0 Å². The van der Waals surface area contributed by atoms with E-state index in [4.69, 9.17) is 16.3 Å². The van der Waals surface area contributed by atoms with E-state index < -0.39 is 0 Å². The van der Waals surface area contributed by atoms with Gasteiger partial charge in [0.25, 0.3) is 0 Å². The Morgan fingerprint density at radius 2 is 2.10 bits per heavy atom. The van der Waals surface area contributed by atoms with Gasteiger partial charge in [-0.25, -0.2) is 0 Å². The highest BCUT2D eigenvalue weighted by Gasteiger charge is 2.27. The predicted molar refractivity (Wildman–Crippen MR) is 83.2 cm³/mol. The van der Waals surface area contributed by atoms with Crippen molar-refractivity contribution in [2.75, 3.05) is 13.7 Å². The van der Waals surface area contributed by atoms with Crippen molar-refractivity contribution < 1.29 is 9.53 Å². The summed E-state index contributed by atoms with van der Waals surface area (Å²) in [7, 11) is 1.55. The van der Waals surface area contributed by atoms with Crippen LogP contribution in [0, 0.1) is 0 Å². The van der Waals surface area contributed by atoms with Crippen molar-refractivity contribution in [2.24, 2.45) is 0 Å². The first-order valence-electron chi connectivity index (χ1n) is 6.89. The molecule has 0 aliphatic carbocycles. The number of ketones is 1. The fraction of sp³-hybridized carbons (Fsp3) is 0.235. The first-order valence-corrected chi connectivity index (χ1v) is 7.27. The van der Waals surface area contributed by atoms with Crippen LogP contribution < -0.4 is 10.1 Å². The van der Waals surface area contributed by atoms with E-state index in [0.717, 1.165) is 18.5 Å². The number of hydrogen-bond acceptors (Lipinski definition) is 3. The number of fused-ring (bicyclic) bond motifs is 1. The van der Waals surface area contributed by atoms with E-state index in [0.29, 0.717) is 16.3 Å². The van der Waals surface area contributed by atoms with Crippen LogP contribution in [0.5, 0.6) is 5.75 Å². The first kappa shape index (κ1) is 14.1. The minimum Gasteiger partial charge on any atom is -0.495 e. The molecule has 0 aromatic heterocycles. The lowest BCUT2D eigenvalue weighted by atomic mass is 9.89. The fourth-order valence-corrected chi connectivity index (χ4v) is 2.91. The largest absolute Gasteiger partial charge is 0.495 e. The second-order valence-corrected chi connectivity index (χ2v) is 5.46. The molecule has 1 N–H and O–H groups in total. The minimum atomic E-state index is -0.305. The summed E-state index contributed by atoms with van der Waals surface area (Å²) in [6, 6.07) is 12.9. The number of carbonyl (C=O) groups excluding carboxylic acids is 1. The van der Waals surface area contributed by atoms with E-state index in [1.807, 2.05) is 18.2 Å². The summed E-state index contributed by atoms with van der Waals surface area (Å²) in [6.45, 7) is 0.804. The lowest BCUT2D eigenvalue weighted by Gasteiger charge is -2.26. The smallest absolute Gasteiger partial charge is 0.184 e. The SMILES string of the molecule is COc1cc(C(=O)C2NCCc3ccccc32)ccc1Cl. The van der Waals surface area contributed by atoms with Gasteiger partial charge in [0.1, 0.15) is 5.75 Å². The van der Waals surface area contributed by atoms with Gasteiger partial charge in [-0.15, -0.1) is 0 Å². The average molecular weight is 302 g/mol. The van der Waals surface area contributed by atoms with E-state index in [9.17, 15) is 4.79 Å². The summed E-state index contributed by atoms with van der Waals surface area (Å²) in [5.74, 6) is 0.559. The van der Waals surface area contributed by atoms with E-state index in [2.05, 4.69) is 11.4 Å². The van der Waals surface area contributed by atoms with Crippen LogP contribution >= 0.6 is 11.6 Å².